The first-order valence-corrected chi connectivity index (χ1v) is 12.0. The van der Waals surface area contributed by atoms with Crippen LogP contribution in [0.1, 0.15) is 61.5 Å². The standard InChI is InChI=1S/C22H34N4O2S/c1-17(2)21-11-9-20(10-12-21)15-24(5)16-26-19(4)22(18(3)23-26)29(27,28)25-13-7-6-8-14-25/h9-12,17H,6-8,13-16H2,1-5H3. The van der Waals surface area contributed by atoms with Gasteiger partial charge in [0, 0.05) is 19.6 Å². The van der Waals surface area contributed by atoms with Gasteiger partial charge in [0.25, 0.3) is 0 Å². The summed E-state index contributed by atoms with van der Waals surface area (Å²) in [7, 11) is -1.45. The number of nitrogens with zero attached hydrogens (tertiary/aromatic N) is 4. The smallest absolute Gasteiger partial charge is 0.246 e. The summed E-state index contributed by atoms with van der Waals surface area (Å²) in [6.07, 6.45) is 2.97. The Bertz CT molecular complexity index is 926. The molecule has 6 nitrogen and oxygen atoms in total. The van der Waals surface area contributed by atoms with Crippen LogP contribution in [-0.2, 0) is 23.2 Å². The van der Waals surface area contributed by atoms with Crippen LogP contribution in [0.5, 0.6) is 0 Å². The van der Waals surface area contributed by atoms with E-state index in [1.807, 2.05) is 18.7 Å². The van der Waals surface area contributed by atoms with Crippen molar-refractivity contribution in [3.8, 4) is 0 Å². The zero-order valence-corrected chi connectivity index (χ0v) is 19.2. The van der Waals surface area contributed by atoms with Gasteiger partial charge in [-0.15, -0.1) is 0 Å². The van der Waals surface area contributed by atoms with E-state index in [4.69, 9.17) is 0 Å². The molecule has 1 aliphatic rings. The highest BCUT2D eigenvalue weighted by Gasteiger charge is 2.31. The summed E-state index contributed by atoms with van der Waals surface area (Å²) < 4.78 is 29.8. The Morgan fingerprint density at radius 1 is 1.07 bits per heavy atom. The molecular formula is C22H34N4O2S. The van der Waals surface area contributed by atoms with Gasteiger partial charge in [0.1, 0.15) is 4.90 Å². The van der Waals surface area contributed by atoms with Gasteiger partial charge in [0.05, 0.1) is 18.1 Å². The van der Waals surface area contributed by atoms with Gasteiger partial charge in [-0.1, -0.05) is 44.5 Å². The van der Waals surface area contributed by atoms with E-state index in [2.05, 4.69) is 48.1 Å². The molecule has 1 fully saturated rings. The normalized spacial score (nSPS) is 16.1. The summed E-state index contributed by atoms with van der Waals surface area (Å²) in [6.45, 7) is 10.6. The van der Waals surface area contributed by atoms with E-state index in [1.54, 1.807) is 11.2 Å². The summed E-state index contributed by atoms with van der Waals surface area (Å²) in [4.78, 5) is 2.54. The van der Waals surface area contributed by atoms with Crippen molar-refractivity contribution < 1.29 is 8.42 Å². The zero-order valence-electron chi connectivity index (χ0n) is 18.4. The second-order valence-corrected chi connectivity index (χ2v) is 10.4. The average Bonchev–Trinajstić information content (AvgIpc) is 2.96. The van der Waals surface area contributed by atoms with E-state index in [9.17, 15) is 8.42 Å². The van der Waals surface area contributed by atoms with E-state index in [0.29, 0.717) is 36.3 Å². The van der Waals surface area contributed by atoms with Crippen LogP contribution >= 0.6 is 0 Å². The number of hydrogen-bond acceptors (Lipinski definition) is 4. The molecule has 0 atom stereocenters. The summed E-state index contributed by atoms with van der Waals surface area (Å²) in [6, 6.07) is 8.69. The fourth-order valence-corrected chi connectivity index (χ4v) is 5.91. The van der Waals surface area contributed by atoms with Gasteiger partial charge < -0.3 is 0 Å². The van der Waals surface area contributed by atoms with Crippen LogP contribution in [0, 0.1) is 13.8 Å². The lowest BCUT2D eigenvalue weighted by Crippen LogP contribution is -2.36. The number of piperidine rings is 1. The predicted octanol–water partition coefficient (Wildman–Crippen LogP) is 3.89. The maximum Gasteiger partial charge on any atom is 0.246 e. The molecule has 0 radical (unpaired) electrons. The molecule has 0 aliphatic carbocycles. The van der Waals surface area contributed by atoms with E-state index in [-0.39, 0.29) is 0 Å². The van der Waals surface area contributed by atoms with Gasteiger partial charge in [-0.05, 0) is 50.8 Å². The molecule has 7 heteroatoms. The maximum absolute atomic E-state index is 13.2. The molecule has 2 aromatic rings. The highest BCUT2D eigenvalue weighted by Crippen LogP contribution is 2.26. The van der Waals surface area contributed by atoms with Gasteiger partial charge in [0.15, 0.2) is 0 Å². The van der Waals surface area contributed by atoms with Crippen molar-refractivity contribution in [2.75, 3.05) is 20.1 Å². The minimum absolute atomic E-state index is 0.383. The second kappa shape index (κ2) is 8.98. The largest absolute Gasteiger partial charge is 0.283 e. The third-order valence-corrected chi connectivity index (χ3v) is 7.85. The molecule has 0 saturated carbocycles. The monoisotopic (exact) mass is 418 g/mol. The van der Waals surface area contributed by atoms with Crippen LogP contribution in [0.25, 0.3) is 0 Å². The summed E-state index contributed by atoms with van der Waals surface area (Å²) in [5, 5.41) is 4.56. The Kier molecular flexibility index (Phi) is 6.81. The van der Waals surface area contributed by atoms with Crippen LogP contribution in [0.15, 0.2) is 29.2 Å². The molecule has 3 rings (SSSR count). The molecule has 0 spiro atoms. The fraction of sp³-hybridized carbons (Fsp3) is 0.591. The Labute approximate surface area is 175 Å². The molecule has 29 heavy (non-hydrogen) atoms. The van der Waals surface area contributed by atoms with Crippen molar-refractivity contribution in [1.29, 1.82) is 0 Å². The number of sulfonamides is 1. The molecule has 1 aliphatic heterocycles. The second-order valence-electron chi connectivity index (χ2n) is 8.52. The van der Waals surface area contributed by atoms with Crippen LogP contribution in [0.2, 0.25) is 0 Å². The van der Waals surface area contributed by atoms with Crippen LogP contribution in [0.4, 0.5) is 0 Å². The third kappa shape index (κ3) is 4.90. The topological polar surface area (TPSA) is 58.4 Å². The first-order valence-electron chi connectivity index (χ1n) is 10.5. The zero-order chi connectivity index (χ0) is 21.2. The Morgan fingerprint density at radius 2 is 1.69 bits per heavy atom. The molecule has 1 saturated heterocycles. The van der Waals surface area contributed by atoms with Crippen molar-refractivity contribution in [2.24, 2.45) is 0 Å². The first kappa shape index (κ1) is 22.0. The van der Waals surface area contributed by atoms with Crippen molar-refractivity contribution >= 4 is 10.0 Å². The Hall–Kier alpha value is -1.70. The van der Waals surface area contributed by atoms with E-state index in [0.717, 1.165) is 31.5 Å². The SMILES string of the molecule is Cc1nn(CN(C)Cc2ccc(C(C)C)cc2)c(C)c1S(=O)(=O)N1CCCCC1. The third-order valence-electron chi connectivity index (χ3n) is 5.70. The van der Waals surface area contributed by atoms with Crippen LogP contribution < -0.4 is 0 Å². The lowest BCUT2D eigenvalue weighted by atomic mass is 10.0. The number of aromatic nitrogens is 2. The highest BCUT2D eigenvalue weighted by atomic mass is 32.2. The van der Waals surface area contributed by atoms with Crippen molar-refractivity contribution in [1.82, 2.24) is 19.0 Å². The van der Waals surface area contributed by atoms with Crippen molar-refractivity contribution in [2.45, 2.75) is 71.0 Å². The van der Waals surface area contributed by atoms with Gasteiger partial charge >= 0.3 is 0 Å². The van der Waals surface area contributed by atoms with Gasteiger partial charge in [-0.3, -0.25) is 9.58 Å². The molecule has 0 amide bonds. The number of rotatable bonds is 7. The number of benzene rings is 1. The number of aryl methyl sites for hydroxylation is 1. The van der Waals surface area contributed by atoms with Crippen LogP contribution in [0.3, 0.4) is 0 Å². The van der Waals surface area contributed by atoms with Gasteiger partial charge in [-0.25, -0.2) is 8.42 Å². The molecule has 1 aromatic carbocycles. The number of hydrogen-bond donors (Lipinski definition) is 0. The molecule has 0 unspecified atom stereocenters. The van der Waals surface area contributed by atoms with Crippen LogP contribution in [-0.4, -0.2) is 47.5 Å². The average molecular weight is 419 g/mol. The van der Waals surface area contributed by atoms with Gasteiger partial charge in [-0.2, -0.15) is 9.40 Å². The fourth-order valence-electron chi connectivity index (χ4n) is 4.02. The Balaban J connectivity index is 1.74. The molecule has 160 valence electrons. The van der Waals surface area contributed by atoms with E-state index >= 15 is 0 Å². The van der Waals surface area contributed by atoms with Crippen molar-refractivity contribution in [3.63, 3.8) is 0 Å². The van der Waals surface area contributed by atoms with Gasteiger partial charge in [0.2, 0.25) is 10.0 Å². The quantitative estimate of drug-likeness (QED) is 0.684. The minimum Gasteiger partial charge on any atom is -0.283 e. The molecule has 0 N–H and O–H groups in total. The van der Waals surface area contributed by atoms with E-state index in [1.165, 1.54) is 11.1 Å². The predicted molar refractivity (Wildman–Crippen MR) is 116 cm³/mol. The Morgan fingerprint density at radius 3 is 2.28 bits per heavy atom. The molecular weight excluding hydrogens is 384 g/mol. The summed E-state index contributed by atoms with van der Waals surface area (Å²) >= 11 is 0. The molecule has 0 bridgehead atoms. The molecule has 2 heterocycles. The summed E-state index contributed by atoms with van der Waals surface area (Å²) in [5.74, 6) is 0.525. The first-order chi connectivity index (χ1) is 13.7. The van der Waals surface area contributed by atoms with Crippen molar-refractivity contribution in [3.05, 3.63) is 46.8 Å². The minimum atomic E-state index is -3.48. The lowest BCUT2D eigenvalue weighted by Gasteiger charge is -2.26. The van der Waals surface area contributed by atoms with E-state index < -0.39 is 10.0 Å². The maximum atomic E-state index is 13.2. The highest BCUT2D eigenvalue weighted by molar-refractivity contribution is 7.89. The lowest BCUT2D eigenvalue weighted by molar-refractivity contribution is 0.243. The molecule has 1 aromatic heterocycles. The summed E-state index contributed by atoms with van der Waals surface area (Å²) in [5.41, 5.74) is 3.87.